The summed E-state index contributed by atoms with van der Waals surface area (Å²) in [6.45, 7) is 7.75. The van der Waals surface area contributed by atoms with Gasteiger partial charge in [0.1, 0.15) is 5.82 Å². The first kappa shape index (κ1) is 13.6. The van der Waals surface area contributed by atoms with Crippen LogP contribution in [0.3, 0.4) is 0 Å². The van der Waals surface area contributed by atoms with Gasteiger partial charge in [0.25, 0.3) is 0 Å². The standard InChI is InChI=1S/C14H25N3O/c1-11-6-13(2,3)9-14(7-11,10-18)17-8-12-15-4-5-16-12/h4-5,11,17-18H,6-10H2,1-3H3,(H,15,16). The first-order valence-electron chi connectivity index (χ1n) is 6.79. The number of rotatable bonds is 4. The average molecular weight is 251 g/mol. The molecule has 1 aromatic rings. The fraction of sp³-hybridized carbons (Fsp3) is 0.786. The molecule has 2 unspecified atom stereocenters. The van der Waals surface area contributed by atoms with Gasteiger partial charge in [-0.05, 0) is 30.6 Å². The van der Waals surface area contributed by atoms with Gasteiger partial charge >= 0.3 is 0 Å². The summed E-state index contributed by atoms with van der Waals surface area (Å²) in [7, 11) is 0. The van der Waals surface area contributed by atoms with Crippen LogP contribution >= 0.6 is 0 Å². The van der Waals surface area contributed by atoms with Crippen LogP contribution in [0.5, 0.6) is 0 Å². The van der Waals surface area contributed by atoms with E-state index in [0.29, 0.717) is 12.5 Å². The quantitative estimate of drug-likeness (QED) is 0.768. The van der Waals surface area contributed by atoms with E-state index in [1.807, 2.05) is 6.20 Å². The third kappa shape index (κ3) is 3.12. The van der Waals surface area contributed by atoms with Crippen molar-refractivity contribution >= 4 is 0 Å². The highest BCUT2D eigenvalue weighted by molar-refractivity contribution is 5.00. The first-order chi connectivity index (χ1) is 8.45. The van der Waals surface area contributed by atoms with E-state index in [1.54, 1.807) is 6.20 Å². The number of aromatic nitrogens is 2. The van der Waals surface area contributed by atoms with Crippen molar-refractivity contribution in [2.24, 2.45) is 11.3 Å². The number of hydrogen-bond donors (Lipinski definition) is 3. The van der Waals surface area contributed by atoms with E-state index < -0.39 is 0 Å². The van der Waals surface area contributed by atoms with E-state index in [0.717, 1.165) is 18.7 Å². The highest BCUT2D eigenvalue weighted by Gasteiger charge is 2.42. The molecule has 0 aromatic carbocycles. The van der Waals surface area contributed by atoms with Gasteiger partial charge < -0.3 is 15.4 Å². The molecule has 1 fully saturated rings. The minimum absolute atomic E-state index is 0.159. The lowest BCUT2D eigenvalue weighted by Gasteiger charge is -2.47. The van der Waals surface area contributed by atoms with Crippen molar-refractivity contribution in [1.82, 2.24) is 15.3 Å². The number of H-pyrrole nitrogens is 1. The second-order valence-electron chi connectivity index (χ2n) is 6.68. The van der Waals surface area contributed by atoms with Crippen LogP contribution in [0.2, 0.25) is 0 Å². The van der Waals surface area contributed by atoms with Crippen molar-refractivity contribution in [2.75, 3.05) is 6.61 Å². The molecule has 1 aliphatic rings. The summed E-state index contributed by atoms with van der Waals surface area (Å²) < 4.78 is 0. The van der Waals surface area contributed by atoms with Gasteiger partial charge in [0, 0.05) is 17.9 Å². The normalized spacial score (nSPS) is 31.4. The summed E-state index contributed by atoms with van der Waals surface area (Å²) in [5.41, 5.74) is 0.129. The minimum atomic E-state index is -0.159. The van der Waals surface area contributed by atoms with Gasteiger partial charge in [0.15, 0.2) is 0 Å². The first-order valence-corrected chi connectivity index (χ1v) is 6.79. The number of aromatic amines is 1. The summed E-state index contributed by atoms with van der Waals surface area (Å²) in [5.74, 6) is 1.57. The summed E-state index contributed by atoms with van der Waals surface area (Å²) in [6, 6.07) is 0. The van der Waals surface area contributed by atoms with E-state index in [1.165, 1.54) is 6.42 Å². The highest BCUT2D eigenvalue weighted by atomic mass is 16.3. The molecular formula is C14H25N3O. The summed E-state index contributed by atoms with van der Waals surface area (Å²) in [5, 5.41) is 13.4. The second kappa shape index (κ2) is 5.02. The van der Waals surface area contributed by atoms with Crippen LogP contribution in [0, 0.1) is 11.3 Å². The average Bonchev–Trinajstić information content (AvgIpc) is 2.76. The fourth-order valence-electron chi connectivity index (χ4n) is 3.72. The Morgan fingerprint density at radius 2 is 2.28 bits per heavy atom. The Labute approximate surface area is 109 Å². The van der Waals surface area contributed by atoms with E-state index in [9.17, 15) is 5.11 Å². The zero-order valence-electron chi connectivity index (χ0n) is 11.7. The monoisotopic (exact) mass is 251 g/mol. The van der Waals surface area contributed by atoms with Crippen LogP contribution in [-0.2, 0) is 6.54 Å². The van der Waals surface area contributed by atoms with Crippen LogP contribution in [0.25, 0.3) is 0 Å². The van der Waals surface area contributed by atoms with Crippen molar-refractivity contribution in [3.05, 3.63) is 18.2 Å². The minimum Gasteiger partial charge on any atom is -0.394 e. The Hall–Kier alpha value is -0.870. The molecule has 0 radical (unpaired) electrons. The molecule has 0 aliphatic heterocycles. The number of hydrogen-bond acceptors (Lipinski definition) is 3. The maximum atomic E-state index is 9.83. The molecule has 1 saturated carbocycles. The van der Waals surface area contributed by atoms with Gasteiger partial charge in [-0.3, -0.25) is 0 Å². The van der Waals surface area contributed by atoms with Crippen LogP contribution in [-0.4, -0.2) is 27.2 Å². The van der Waals surface area contributed by atoms with Crippen molar-refractivity contribution in [3.8, 4) is 0 Å². The van der Waals surface area contributed by atoms with E-state index in [2.05, 4.69) is 36.1 Å². The molecule has 4 nitrogen and oxygen atoms in total. The number of nitrogens with one attached hydrogen (secondary N) is 2. The van der Waals surface area contributed by atoms with E-state index in [4.69, 9.17) is 0 Å². The van der Waals surface area contributed by atoms with Gasteiger partial charge in [-0.25, -0.2) is 4.98 Å². The van der Waals surface area contributed by atoms with Gasteiger partial charge in [0.2, 0.25) is 0 Å². The van der Waals surface area contributed by atoms with Gasteiger partial charge in [0.05, 0.1) is 13.2 Å². The smallest absolute Gasteiger partial charge is 0.120 e. The van der Waals surface area contributed by atoms with Crippen molar-refractivity contribution in [3.63, 3.8) is 0 Å². The third-order valence-corrected chi connectivity index (χ3v) is 3.95. The molecule has 1 aromatic heterocycles. The molecule has 0 bridgehead atoms. The molecule has 18 heavy (non-hydrogen) atoms. The zero-order chi connectivity index (χ0) is 13.2. The lowest BCUT2D eigenvalue weighted by atomic mass is 9.64. The Morgan fingerprint density at radius 1 is 1.50 bits per heavy atom. The third-order valence-electron chi connectivity index (χ3n) is 3.95. The molecule has 1 heterocycles. The molecule has 0 amide bonds. The Kier molecular flexibility index (Phi) is 3.78. The lowest BCUT2D eigenvalue weighted by Crippen LogP contribution is -2.54. The van der Waals surface area contributed by atoms with Crippen molar-refractivity contribution in [2.45, 2.75) is 52.1 Å². The topological polar surface area (TPSA) is 60.9 Å². The molecule has 2 atom stereocenters. The molecular weight excluding hydrogens is 226 g/mol. The van der Waals surface area contributed by atoms with Gasteiger partial charge in [-0.2, -0.15) is 0 Å². The second-order valence-corrected chi connectivity index (χ2v) is 6.68. The maximum absolute atomic E-state index is 9.83. The number of nitrogens with zero attached hydrogens (tertiary/aromatic N) is 1. The molecule has 1 aliphatic carbocycles. The predicted molar refractivity (Wildman–Crippen MR) is 72.0 cm³/mol. The van der Waals surface area contributed by atoms with Crippen LogP contribution < -0.4 is 5.32 Å². The molecule has 2 rings (SSSR count). The van der Waals surface area contributed by atoms with Crippen LogP contribution in [0.4, 0.5) is 0 Å². The van der Waals surface area contributed by atoms with Gasteiger partial charge in [-0.1, -0.05) is 20.8 Å². The molecule has 0 saturated heterocycles. The summed E-state index contributed by atoms with van der Waals surface area (Å²) >= 11 is 0. The van der Waals surface area contributed by atoms with Crippen molar-refractivity contribution in [1.29, 1.82) is 0 Å². The van der Waals surface area contributed by atoms with Gasteiger partial charge in [-0.15, -0.1) is 0 Å². The van der Waals surface area contributed by atoms with Crippen LogP contribution in [0.15, 0.2) is 12.4 Å². The fourth-order valence-corrected chi connectivity index (χ4v) is 3.72. The number of aliphatic hydroxyl groups excluding tert-OH is 1. The van der Waals surface area contributed by atoms with E-state index in [-0.39, 0.29) is 17.6 Å². The lowest BCUT2D eigenvalue weighted by molar-refractivity contribution is 0.0348. The molecule has 3 N–H and O–H groups in total. The Bertz CT molecular complexity index is 374. The maximum Gasteiger partial charge on any atom is 0.120 e. The highest BCUT2D eigenvalue weighted by Crippen LogP contribution is 2.43. The Balaban J connectivity index is 2.05. The molecule has 102 valence electrons. The summed E-state index contributed by atoms with van der Waals surface area (Å²) in [6.07, 6.45) is 6.87. The number of aliphatic hydroxyl groups is 1. The summed E-state index contributed by atoms with van der Waals surface area (Å²) in [4.78, 5) is 7.32. The van der Waals surface area contributed by atoms with E-state index >= 15 is 0 Å². The number of imidazole rings is 1. The largest absolute Gasteiger partial charge is 0.394 e. The molecule has 0 spiro atoms. The zero-order valence-corrected chi connectivity index (χ0v) is 11.7. The van der Waals surface area contributed by atoms with Crippen LogP contribution in [0.1, 0.15) is 45.9 Å². The Morgan fingerprint density at radius 3 is 2.83 bits per heavy atom. The van der Waals surface area contributed by atoms with Crippen molar-refractivity contribution < 1.29 is 5.11 Å². The molecule has 4 heteroatoms. The predicted octanol–water partition coefficient (Wildman–Crippen LogP) is 2.08. The SMILES string of the molecule is CC1CC(C)(C)CC(CO)(NCc2ncc[nH]2)C1.